The van der Waals surface area contributed by atoms with Crippen molar-refractivity contribution in [1.82, 2.24) is 0 Å². The fraction of sp³-hybridized carbons (Fsp3) is 0.803. The second-order valence-electron chi connectivity index (χ2n) is 20.9. The molecule has 0 N–H and O–H groups in total. The van der Waals surface area contributed by atoms with Gasteiger partial charge in [-0.2, -0.15) is 0 Å². The molecule has 0 saturated carbocycles. The van der Waals surface area contributed by atoms with Crippen molar-refractivity contribution < 1.29 is 28.6 Å². The van der Waals surface area contributed by atoms with Crippen LogP contribution in [0.3, 0.4) is 0 Å². The van der Waals surface area contributed by atoms with Crippen LogP contribution in [0.2, 0.25) is 0 Å². The Morgan fingerprint density at radius 2 is 0.569 bits per heavy atom. The van der Waals surface area contributed by atoms with Crippen LogP contribution in [-0.2, 0) is 28.6 Å². The number of unbranched alkanes of at least 4 members (excludes halogenated alkanes) is 36. The van der Waals surface area contributed by atoms with Gasteiger partial charge in [-0.25, -0.2) is 0 Å². The van der Waals surface area contributed by atoms with E-state index in [0.29, 0.717) is 19.3 Å². The Kier molecular flexibility index (Phi) is 58.2. The molecule has 72 heavy (non-hydrogen) atoms. The summed E-state index contributed by atoms with van der Waals surface area (Å²) in [6.07, 6.45) is 76.7. The number of hydrogen-bond donors (Lipinski definition) is 0. The first kappa shape index (κ1) is 69.1. The highest BCUT2D eigenvalue weighted by molar-refractivity contribution is 5.71. The molecule has 0 aromatic heterocycles. The third-order valence-corrected chi connectivity index (χ3v) is 13.7. The van der Waals surface area contributed by atoms with Crippen molar-refractivity contribution in [2.75, 3.05) is 13.2 Å². The smallest absolute Gasteiger partial charge is 0.306 e. The highest BCUT2D eigenvalue weighted by atomic mass is 16.6. The Balaban J connectivity index is 4.21. The first-order valence-corrected chi connectivity index (χ1v) is 31.3. The number of carbonyl (C=O) groups is 3. The van der Waals surface area contributed by atoms with E-state index in [2.05, 4.69) is 81.5 Å². The lowest BCUT2D eigenvalue weighted by Crippen LogP contribution is -2.30. The summed E-state index contributed by atoms with van der Waals surface area (Å²) in [6.45, 7) is 6.49. The van der Waals surface area contributed by atoms with Gasteiger partial charge in [-0.1, -0.05) is 287 Å². The normalized spacial score (nSPS) is 12.4. The molecule has 1 atom stereocenters. The lowest BCUT2D eigenvalue weighted by molar-refractivity contribution is -0.167. The molecule has 0 saturated heterocycles. The molecule has 0 heterocycles. The third-order valence-electron chi connectivity index (χ3n) is 13.7. The van der Waals surface area contributed by atoms with Crippen LogP contribution in [-0.4, -0.2) is 37.2 Å². The van der Waals surface area contributed by atoms with Gasteiger partial charge in [0.2, 0.25) is 0 Å². The van der Waals surface area contributed by atoms with E-state index in [1.807, 2.05) is 0 Å². The first-order chi connectivity index (χ1) is 35.5. The molecule has 0 aliphatic carbocycles. The fourth-order valence-corrected chi connectivity index (χ4v) is 9.09. The molecule has 1 unspecified atom stereocenters. The molecule has 0 aliphatic rings. The van der Waals surface area contributed by atoms with Gasteiger partial charge in [0, 0.05) is 19.3 Å². The number of hydrogen-bond acceptors (Lipinski definition) is 6. The molecule has 6 nitrogen and oxygen atoms in total. The fourth-order valence-electron chi connectivity index (χ4n) is 9.09. The minimum atomic E-state index is -0.784. The zero-order valence-electron chi connectivity index (χ0n) is 47.9. The highest BCUT2D eigenvalue weighted by Gasteiger charge is 2.19. The number of allylic oxidation sites excluding steroid dienone is 10. The third kappa shape index (κ3) is 58.0. The standard InChI is InChI=1S/C66H118O6/c1-4-7-10-13-16-19-22-24-26-28-30-31-32-33-34-35-37-38-40-42-44-47-50-53-56-59-65(68)71-62-63(61-70-64(67)58-55-52-49-46-21-18-15-12-9-6-3)72-66(69)60-57-54-51-48-45-43-41-39-36-29-27-25-23-20-17-14-11-8-5-2/h8,11-12,15,17,20,25,27,36,39,63H,4-7,9-10,13-14,16,18-19,21-24,26,28-35,37-38,40-62H2,1-3H3/b11-8-,15-12-,20-17-,27-25-,39-36-. The monoisotopic (exact) mass is 1010 g/mol. The van der Waals surface area contributed by atoms with Crippen molar-refractivity contribution in [2.24, 2.45) is 0 Å². The van der Waals surface area contributed by atoms with Crippen LogP contribution in [0.5, 0.6) is 0 Å². The van der Waals surface area contributed by atoms with Gasteiger partial charge in [0.15, 0.2) is 6.10 Å². The van der Waals surface area contributed by atoms with Gasteiger partial charge in [0.05, 0.1) is 0 Å². The van der Waals surface area contributed by atoms with Crippen molar-refractivity contribution in [3.05, 3.63) is 60.8 Å². The molecule has 0 aliphatic heterocycles. The van der Waals surface area contributed by atoms with Crippen LogP contribution in [0.4, 0.5) is 0 Å². The van der Waals surface area contributed by atoms with Crippen LogP contribution >= 0.6 is 0 Å². The van der Waals surface area contributed by atoms with Crippen molar-refractivity contribution in [2.45, 2.75) is 329 Å². The first-order valence-electron chi connectivity index (χ1n) is 31.3. The molecule has 0 aromatic carbocycles. The summed E-state index contributed by atoms with van der Waals surface area (Å²) in [5.41, 5.74) is 0. The lowest BCUT2D eigenvalue weighted by atomic mass is 10.0. The minimum absolute atomic E-state index is 0.0801. The van der Waals surface area contributed by atoms with E-state index in [1.165, 1.54) is 173 Å². The molecule has 418 valence electrons. The molecule has 0 fully saturated rings. The Morgan fingerprint density at radius 3 is 0.917 bits per heavy atom. The SMILES string of the molecule is CC/C=C\C/C=C\C/C=C\C/C=C\CCCCCCCCC(=O)OC(COC(=O)CCCCCCC/C=C\CCC)COC(=O)CCCCCCCCCCCCCCCCCCCCCCCCCCC. The van der Waals surface area contributed by atoms with Gasteiger partial charge in [-0.3, -0.25) is 14.4 Å². The van der Waals surface area contributed by atoms with Crippen molar-refractivity contribution in [3.63, 3.8) is 0 Å². The van der Waals surface area contributed by atoms with Gasteiger partial charge in [-0.05, 0) is 77.0 Å². The Morgan fingerprint density at radius 1 is 0.292 bits per heavy atom. The summed E-state index contributed by atoms with van der Waals surface area (Å²) in [4.78, 5) is 38.2. The highest BCUT2D eigenvalue weighted by Crippen LogP contribution is 2.17. The maximum absolute atomic E-state index is 12.9. The van der Waals surface area contributed by atoms with Crippen molar-refractivity contribution >= 4 is 17.9 Å². The molecular formula is C66H118O6. The van der Waals surface area contributed by atoms with Crippen LogP contribution in [0.15, 0.2) is 60.8 Å². The number of ether oxygens (including phenoxy) is 3. The molecular weight excluding hydrogens is 889 g/mol. The van der Waals surface area contributed by atoms with Crippen LogP contribution < -0.4 is 0 Å². The molecule has 0 rings (SSSR count). The molecule has 0 spiro atoms. The van der Waals surface area contributed by atoms with E-state index in [-0.39, 0.29) is 31.1 Å². The van der Waals surface area contributed by atoms with Crippen molar-refractivity contribution in [1.29, 1.82) is 0 Å². The molecule has 0 amide bonds. The molecule has 6 heteroatoms. The van der Waals surface area contributed by atoms with E-state index in [1.54, 1.807) is 0 Å². The predicted octanol–water partition coefficient (Wildman–Crippen LogP) is 21.2. The minimum Gasteiger partial charge on any atom is -0.462 e. The summed E-state index contributed by atoms with van der Waals surface area (Å²) in [5.74, 6) is -0.891. The van der Waals surface area contributed by atoms with Crippen LogP contribution in [0.25, 0.3) is 0 Å². The maximum Gasteiger partial charge on any atom is 0.306 e. The van der Waals surface area contributed by atoms with Gasteiger partial charge < -0.3 is 14.2 Å². The summed E-state index contributed by atoms with van der Waals surface area (Å²) < 4.78 is 16.9. The lowest BCUT2D eigenvalue weighted by Gasteiger charge is -2.18. The largest absolute Gasteiger partial charge is 0.462 e. The van der Waals surface area contributed by atoms with E-state index < -0.39 is 6.10 Å². The quantitative estimate of drug-likeness (QED) is 0.0261. The molecule has 0 bridgehead atoms. The zero-order chi connectivity index (χ0) is 52.2. The maximum atomic E-state index is 12.9. The molecule has 0 radical (unpaired) electrons. The van der Waals surface area contributed by atoms with E-state index >= 15 is 0 Å². The number of carbonyl (C=O) groups excluding carboxylic acids is 3. The summed E-state index contributed by atoms with van der Waals surface area (Å²) in [7, 11) is 0. The Bertz CT molecular complexity index is 1290. The summed E-state index contributed by atoms with van der Waals surface area (Å²) >= 11 is 0. The van der Waals surface area contributed by atoms with Gasteiger partial charge in [0.1, 0.15) is 13.2 Å². The second kappa shape index (κ2) is 60.7. The topological polar surface area (TPSA) is 78.9 Å². The van der Waals surface area contributed by atoms with Crippen LogP contribution in [0, 0.1) is 0 Å². The molecule has 0 aromatic rings. The van der Waals surface area contributed by atoms with Crippen LogP contribution in [0.1, 0.15) is 323 Å². The average molecular weight is 1010 g/mol. The van der Waals surface area contributed by atoms with E-state index in [4.69, 9.17) is 14.2 Å². The van der Waals surface area contributed by atoms with Gasteiger partial charge in [-0.15, -0.1) is 0 Å². The van der Waals surface area contributed by atoms with E-state index in [0.717, 1.165) is 109 Å². The summed E-state index contributed by atoms with van der Waals surface area (Å²) in [5, 5.41) is 0. The van der Waals surface area contributed by atoms with Crippen molar-refractivity contribution in [3.8, 4) is 0 Å². The summed E-state index contributed by atoms with van der Waals surface area (Å²) in [6, 6.07) is 0. The number of esters is 3. The number of rotatable bonds is 57. The Labute approximate surface area is 447 Å². The Hall–Kier alpha value is -2.89. The predicted molar refractivity (Wildman–Crippen MR) is 312 cm³/mol. The second-order valence-corrected chi connectivity index (χ2v) is 20.9. The van der Waals surface area contributed by atoms with E-state index in [9.17, 15) is 14.4 Å². The zero-order valence-corrected chi connectivity index (χ0v) is 47.9. The van der Waals surface area contributed by atoms with Gasteiger partial charge >= 0.3 is 17.9 Å². The van der Waals surface area contributed by atoms with Gasteiger partial charge in [0.25, 0.3) is 0 Å². The average Bonchev–Trinajstić information content (AvgIpc) is 3.38.